The highest BCUT2D eigenvalue weighted by Gasteiger charge is 2.26. The van der Waals surface area contributed by atoms with E-state index in [2.05, 4.69) is 23.9 Å². The number of nitrogens with zero attached hydrogens (tertiary/aromatic N) is 3. The van der Waals surface area contributed by atoms with Gasteiger partial charge in [-0.05, 0) is 31.1 Å². The summed E-state index contributed by atoms with van der Waals surface area (Å²) in [7, 11) is 0. The van der Waals surface area contributed by atoms with Crippen LogP contribution in [0.3, 0.4) is 0 Å². The molecular formula is C11H18N4S. The minimum atomic E-state index is 0.274. The third-order valence-electron chi connectivity index (χ3n) is 3.26. The summed E-state index contributed by atoms with van der Waals surface area (Å²) in [6.07, 6.45) is 5.41. The van der Waals surface area contributed by atoms with Crippen LogP contribution in [0, 0.1) is 11.8 Å². The van der Waals surface area contributed by atoms with Crippen LogP contribution < -0.4 is 5.73 Å². The maximum Gasteiger partial charge on any atom is 0.208 e. The predicted molar refractivity (Wildman–Crippen MR) is 67.1 cm³/mol. The van der Waals surface area contributed by atoms with E-state index in [0.717, 1.165) is 11.8 Å². The van der Waals surface area contributed by atoms with Crippen LogP contribution in [-0.4, -0.2) is 19.8 Å². The average molecular weight is 238 g/mol. The van der Waals surface area contributed by atoms with Crippen molar-refractivity contribution in [3.63, 3.8) is 0 Å². The molecule has 2 unspecified atom stereocenters. The Bertz CT molecular complexity index is 377. The minimum absolute atomic E-state index is 0.274. The maximum atomic E-state index is 5.50. The zero-order valence-corrected chi connectivity index (χ0v) is 10.6. The molecule has 0 radical (unpaired) electrons. The molecule has 0 aromatic carbocycles. The molecule has 4 nitrogen and oxygen atoms in total. The fraction of sp³-hybridized carbons (Fsp3) is 0.727. The van der Waals surface area contributed by atoms with E-state index in [1.54, 1.807) is 6.33 Å². The number of nitrogens with two attached hydrogens (primary N) is 1. The molecule has 1 aromatic heterocycles. The molecule has 2 rings (SSSR count). The van der Waals surface area contributed by atoms with Crippen LogP contribution >= 0.6 is 12.2 Å². The SMILES string of the molecule is CC1CC(C)CC(n2cnc(C(N)=S)n2)C1. The molecule has 0 aliphatic heterocycles. The summed E-state index contributed by atoms with van der Waals surface area (Å²) in [6, 6.07) is 0.453. The van der Waals surface area contributed by atoms with Crippen LogP contribution in [0.25, 0.3) is 0 Å². The Morgan fingerprint density at radius 1 is 1.38 bits per heavy atom. The second kappa shape index (κ2) is 4.49. The summed E-state index contributed by atoms with van der Waals surface area (Å²) >= 11 is 4.86. The van der Waals surface area contributed by atoms with E-state index in [9.17, 15) is 0 Å². The Morgan fingerprint density at radius 3 is 2.50 bits per heavy atom. The van der Waals surface area contributed by atoms with Gasteiger partial charge in [0.05, 0.1) is 6.04 Å². The lowest BCUT2D eigenvalue weighted by Gasteiger charge is -2.31. The normalized spacial score (nSPS) is 30.2. The molecule has 88 valence electrons. The van der Waals surface area contributed by atoms with Crippen molar-refractivity contribution in [3.8, 4) is 0 Å². The van der Waals surface area contributed by atoms with E-state index in [0.29, 0.717) is 11.9 Å². The van der Waals surface area contributed by atoms with Gasteiger partial charge in [0.15, 0.2) is 0 Å². The van der Waals surface area contributed by atoms with E-state index < -0.39 is 0 Å². The van der Waals surface area contributed by atoms with Crippen molar-refractivity contribution in [3.05, 3.63) is 12.2 Å². The van der Waals surface area contributed by atoms with Gasteiger partial charge in [-0.25, -0.2) is 9.67 Å². The monoisotopic (exact) mass is 238 g/mol. The Labute approximate surface area is 101 Å². The molecule has 2 N–H and O–H groups in total. The van der Waals surface area contributed by atoms with Gasteiger partial charge in [-0.3, -0.25) is 0 Å². The van der Waals surface area contributed by atoms with E-state index in [-0.39, 0.29) is 4.99 Å². The van der Waals surface area contributed by atoms with Crippen molar-refractivity contribution >= 4 is 17.2 Å². The van der Waals surface area contributed by atoms with Gasteiger partial charge in [0.2, 0.25) is 5.82 Å². The molecule has 1 heterocycles. The van der Waals surface area contributed by atoms with Gasteiger partial charge in [-0.15, -0.1) is 5.10 Å². The lowest BCUT2D eigenvalue weighted by molar-refractivity contribution is 0.209. The average Bonchev–Trinajstić information content (AvgIpc) is 2.64. The molecule has 5 heteroatoms. The molecular weight excluding hydrogens is 220 g/mol. The summed E-state index contributed by atoms with van der Waals surface area (Å²) in [5, 5.41) is 4.34. The topological polar surface area (TPSA) is 56.7 Å². The van der Waals surface area contributed by atoms with Crippen molar-refractivity contribution in [2.45, 2.75) is 39.2 Å². The number of aromatic nitrogens is 3. The van der Waals surface area contributed by atoms with Crippen molar-refractivity contribution < 1.29 is 0 Å². The molecule has 2 atom stereocenters. The molecule has 1 aromatic rings. The smallest absolute Gasteiger partial charge is 0.208 e. The van der Waals surface area contributed by atoms with Crippen LogP contribution in [0.15, 0.2) is 6.33 Å². The third-order valence-corrected chi connectivity index (χ3v) is 3.44. The second-order valence-corrected chi connectivity index (χ2v) is 5.42. The summed E-state index contributed by atoms with van der Waals surface area (Å²) in [6.45, 7) is 4.60. The van der Waals surface area contributed by atoms with Gasteiger partial charge in [0.1, 0.15) is 11.3 Å². The van der Waals surface area contributed by atoms with Gasteiger partial charge in [0.25, 0.3) is 0 Å². The number of thiocarbonyl (C=S) groups is 1. The minimum Gasteiger partial charge on any atom is -0.387 e. The highest BCUT2D eigenvalue weighted by molar-refractivity contribution is 7.80. The number of hydrogen-bond donors (Lipinski definition) is 1. The van der Waals surface area contributed by atoms with Crippen molar-refractivity contribution in [1.82, 2.24) is 14.8 Å². The largest absolute Gasteiger partial charge is 0.387 e. The van der Waals surface area contributed by atoms with E-state index in [1.165, 1.54) is 19.3 Å². The van der Waals surface area contributed by atoms with E-state index >= 15 is 0 Å². The van der Waals surface area contributed by atoms with Crippen LogP contribution in [-0.2, 0) is 0 Å². The Balaban J connectivity index is 2.13. The maximum absolute atomic E-state index is 5.50. The fourth-order valence-electron chi connectivity index (χ4n) is 2.68. The van der Waals surface area contributed by atoms with Crippen molar-refractivity contribution in [2.75, 3.05) is 0 Å². The quantitative estimate of drug-likeness (QED) is 0.800. The first kappa shape index (κ1) is 11.5. The Hall–Kier alpha value is -0.970. The van der Waals surface area contributed by atoms with Crippen LogP contribution in [0.1, 0.15) is 45.0 Å². The summed E-state index contributed by atoms with van der Waals surface area (Å²) in [4.78, 5) is 4.40. The summed E-state index contributed by atoms with van der Waals surface area (Å²) in [5.74, 6) is 2.00. The summed E-state index contributed by atoms with van der Waals surface area (Å²) in [5.41, 5.74) is 5.50. The highest BCUT2D eigenvalue weighted by atomic mass is 32.1. The van der Waals surface area contributed by atoms with E-state index in [1.807, 2.05) is 4.68 Å². The lowest BCUT2D eigenvalue weighted by Crippen LogP contribution is -2.23. The van der Waals surface area contributed by atoms with Gasteiger partial charge < -0.3 is 5.73 Å². The zero-order chi connectivity index (χ0) is 11.7. The van der Waals surface area contributed by atoms with Gasteiger partial charge in [0, 0.05) is 0 Å². The van der Waals surface area contributed by atoms with Crippen LogP contribution in [0.2, 0.25) is 0 Å². The van der Waals surface area contributed by atoms with Gasteiger partial charge >= 0.3 is 0 Å². The molecule has 1 fully saturated rings. The van der Waals surface area contributed by atoms with Crippen molar-refractivity contribution in [1.29, 1.82) is 0 Å². The van der Waals surface area contributed by atoms with Crippen LogP contribution in [0.4, 0.5) is 0 Å². The van der Waals surface area contributed by atoms with Gasteiger partial charge in [-0.1, -0.05) is 26.1 Å². The molecule has 1 aliphatic carbocycles. The molecule has 0 saturated heterocycles. The zero-order valence-electron chi connectivity index (χ0n) is 9.76. The van der Waals surface area contributed by atoms with Crippen molar-refractivity contribution in [2.24, 2.45) is 17.6 Å². The predicted octanol–water partition coefficient (Wildman–Crippen LogP) is 1.91. The molecule has 1 saturated carbocycles. The first-order valence-electron chi connectivity index (χ1n) is 5.77. The first-order chi connectivity index (χ1) is 7.56. The third kappa shape index (κ3) is 2.40. The summed E-state index contributed by atoms with van der Waals surface area (Å²) < 4.78 is 1.93. The van der Waals surface area contributed by atoms with Crippen LogP contribution in [0.5, 0.6) is 0 Å². The lowest BCUT2D eigenvalue weighted by atomic mass is 9.80. The molecule has 0 amide bonds. The second-order valence-electron chi connectivity index (χ2n) is 4.98. The Kier molecular flexibility index (Phi) is 3.23. The highest BCUT2D eigenvalue weighted by Crippen LogP contribution is 2.35. The van der Waals surface area contributed by atoms with Gasteiger partial charge in [-0.2, -0.15) is 0 Å². The molecule has 0 bridgehead atoms. The molecule has 16 heavy (non-hydrogen) atoms. The Morgan fingerprint density at radius 2 is 2.00 bits per heavy atom. The first-order valence-corrected chi connectivity index (χ1v) is 6.18. The fourth-order valence-corrected chi connectivity index (χ4v) is 2.78. The number of rotatable bonds is 2. The standard InChI is InChI=1S/C11H18N4S/c1-7-3-8(2)5-9(4-7)15-6-13-11(14-15)10(12)16/h6-9H,3-5H2,1-2H3,(H2,12,16). The molecule has 1 aliphatic rings. The van der Waals surface area contributed by atoms with E-state index in [4.69, 9.17) is 18.0 Å². The molecule has 0 spiro atoms. The number of hydrogen-bond acceptors (Lipinski definition) is 3.